The van der Waals surface area contributed by atoms with E-state index in [1.807, 2.05) is 19.0 Å². The summed E-state index contributed by atoms with van der Waals surface area (Å²) < 4.78 is 0. The quantitative estimate of drug-likeness (QED) is 0.698. The van der Waals surface area contributed by atoms with Gasteiger partial charge in [-0.25, -0.2) is 0 Å². The Morgan fingerprint density at radius 1 is 1.24 bits per heavy atom. The highest BCUT2D eigenvalue weighted by Crippen LogP contribution is 2.29. The molecule has 0 fully saturated rings. The van der Waals surface area contributed by atoms with Crippen molar-refractivity contribution in [3.63, 3.8) is 0 Å². The van der Waals surface area contributed by atoms with Gasteiger partial charge < -0.3 is 9.80 Å². The van der Waals surface area contributed by atoms with Gasteiger partial charge in [0.2, 0.25) is 0 Å². The molecule has 0 saturated heterocycles. The van der Waals surface area contributed by atoms with Crippen molar-refractivity contribution in [3.8, 4) is 0 Å². The molecule has 1 aliphatic heterocycles. The second kappa shape index (κ2) is 8.42. The van der Waals surface area contributed by atoms with E-state index in [1.54, 1.807) is 0 Å². The van der Waals surface area contributed by atoms with Crippen LogP contribution in [0.3, 0.4) is 0 Å². The molecule has 2 unspecified atom stereocenters. The maximum Gasteiger partial charge on any atom is 0.253 e. The molecule has 0 aromatic carbocycles. The molecule has 0 aliphatic carbocycles. The third kappa shape index (κ3) is 3.79. The molecule has 0 radical (unpaired) electrons. The zero-order chi connectivity index (χ0) is 16.0. The highest BCUT2D eigenvalue weighted by atomic mass is 16.2. The molecule has 4 nitrogen and oxygen atoms in total. The lowest BCUT2D eigenvalue weighted by Crippen LogP contribution is -2.61. The monoisotopic (exact) mass is 295 g/mol. The van der Waals surface area contributed by atoms with E-state index >= 15 is 0 Å². The molecule has 1 aliphatic rings. The molecule has 0 aromatic rings. The Labute approximate surface area is 130 Å². The third-order valence-electron chi connectivity index (χ3n) is 4.65. The fourth-order valence-corrected chi connectivity index (χ4v) is 3.39. The summed E-state index contributed by atoms with van der Waals surface area (Å²) in [5, 5.41) is 3.31. The molecule has 21 heavy (non-hydrogen) atoms. The Hall–Kier alpha value is -1.03. The number of carbonyl (C=O) groups is 1. The molecule has 0 spiro atoms. The Morgan fingerprint density at radius 2 is 1.90 bits per heavy atom. The SMILES string of the molecule is CCCCCC(CC)N1C(C)=C(CC)C(=O)N(C)C1NC. The van der Waals surface area contributed by atoms with Crippen LogP contribution in [0.5, 0.6) is 0 Å². The minimum atomic E-state index is -0.0284. The van der Waals surface area contributed by atoms with Crippen molar-refractivity contribution >= 4 is 5.91 Å². The summed E-state index contributed by atoms with van der Waals surface area (Å²) >= 11 is 0. The van der Waals surface area contributed by atoms with Gasteiger partial charge in [0.15, 0.2) is 6.29 Å². The fraction of sp³-hybridized carbons (Fsp3) is 0.824. The highest BCUT2D eigenvalue weighted by Gasteiger charge is 2.36. The zero-order valence-corrected chi connectivity index (χ0v) is 14.7. The van der Waals surface area contributed by atoms with E-state index in [4.69, 9.17) is 0 Å². The van der Waals surface area contributed by atoms with Crippen LogP contribution in [0.2, 0.25) is 0 Å². The number of rotatable bonds is 8. The van der Waals surface area contributed by atoms with Crippen LogP contribution in [-0.4, -0.2) is 42.1 Å². The number of carbonyl (C=O) groups excluding carboxylic acids is 1. The molecular weight excluding hydrogens is 262 g/mol. The largest absolute Gasteiger partial charge is 0.339 e. The van der Waals surface area contributed by atoms with Gasteiger partial charge in [-0.05, 0) is 33.2 Å². The van der Waals surface area contributed by atoms with E-state index in [0.717, 1.165) is 24.1 Å². The van der Waals surface area contributed by atoms with E-state index in [0.29, 0.717) is 6.04 Å². The number of amides is 1. The Balaban J connectivity index is 3.07. The second-order valence-corrected chi connectivity index (χ2v) is 5.96. The minimum Gasteiger partial charge on any atom is -0.339 e. The number of nitrogens with zero attached hydrogens (tertiary/aromatic N) is 2. The first-order valence-corrected chi connectivity index (χ1v) is 8.45. The molecule has 1 rings (SSSR count). The van der Waals surface area contributed by atoms with Crippen LogP contribution in [0, 0.1) is 0 Å². The number of unbranched alkanes of at least 4 members (excludes halogenated alkanes) is 2. The van der Waals surface area contributed by atoms with Gasteiger partial charge in [-0.15, -0.1) is 0 Å². The van der Waals surface area contributed by atoms with Crippen LogP contribution in [0.1, 0.15) is 66.2 Å². The van der Waals surface area contributed by atoms with Gasteiger partial charge in [0.1, 0.15) is 0 Å². The summed E-state index contributed by atoms with van der Waals surface area (Å²) in [5.41, 5.74) is 2.11. The molecule has 1 heterocycles. The molecule has 0 saturated carbocycles. The summed E-state index contributed by atoms with van der Waals surface area (Å²) in [7, 11) is 3.84. The third-order valence-corrected chi connectivity index (χ3v) is 4.65. The molecular formula is C17H33N3O. The van der Waals surface area contributed by atoms with Crippen molar-refractivity contribution in [2.24, 2.45) is 0 Å². The van der Waals surface area contributed by atoms with Gasteiger partial charge in [0.25, 0.3) is 5.91 Å². The normalized spacial score (nSPS) is 21.2. The Kier molecular flexibility index (Phi) is 7.23. The fourth-order valence-electron chi connectivity index (χ4n) is 3.39. The standard InChI is InChI=1S/C17H33N3O/c1-7-10-11-12-14(8-2)20-13(4)15(9-3)16(21)19(6)17(20)18-5/h14,17-18H,7-12H2,1-6H3. The molecule has 1 N–H and O–H groups in total. The molecule has 0 bridgehead atoms. The van der Waals surface area contributed by atoms with Gasteiger partial charge in [-0.3, -0.25) is 10.1 Å². The van der Waals surface area contributed by atoms with Crippen molar-refractivity contribution in [2.45, 2.75) is 78.6 Å². The first kappa shape index (κ1) is 18.0. The van der Waals surface area contributed by atoms with Crippen LogP contribution >= 0.6 is 0 Å². The average Bonchev–Trinajstić information content (AvgIpc) is 2.48. The molecule has 0 aromatic heterocycles. The van der Waals surface area contributed by atoms with E-state index < -0.39 is 0 Å². The van der Waals surface area contributed by atoms with Gasteiger partial charge in [0.05, 0.1) is 0 Å². The lowest BCUT2D eigenvalue weighted by atomic mass is 9.99. The summed E-state index contributed by atoms with van der Waals surface area (Å²) in [6, 6.07) is 0.492. The van der Waals surface area contributed by atoms with Crippen molar-refractivity contribution in [1.82, 2.24) is 15.1 Å². The number of hydrogen-bond donors (Lipinski definition) is 1. The highest BCUT2D eigenvalue weighted by molar-refractivity contribution is 5.94. The first-order valence-electron chi connectivity index (χ1n) is 8.45. The van der Waals surface area contributed by atoms with Crippen LogP contribution < -0.4 is 5.32 Å². The summed E-state index contributed by atoms with van der Waals surface area (Å²) in [5.74, 6) is 0.161. The second-order valence-electron chi connectivity index (χ2n) is 5.96. The number of allylic oxidation sites excluding steroid dienone is 1. The molecule has 2 atom stereocenters. The van der Waals surface area contributed by atoms with Gasteiger partial charge in [0, 0.05) is 24.4 Å². The maximum absolute atomic E-state index is 12.5. The van der Waals surface area contributed by atoms with Gasteiger partial charge in [-0.1, -0.05) is 40.0 Å². The molecule has 122 valence electrons. The Bertz CT molecular complexity index is 378. The van der Waals surface area contributed by atoms with Gasteiger partial charge >= 0.3 is 0 Å². The predicted molar refractivity (Wildman–Crippen MR) is 88.7 cm³/mol. The maximum atomic E-state index is 12.5. The summed E-state index contributed by atoms with van der Waals surface area (Å²) in [6.07, 6.45) is 6.87. The number of hydrogen-bond acceptors (Lipinski definition) is 3. The van der Waals surface area contributed by atoms with Crippen molar-refractivity contribution in [2.75, 3.05) is 14.1 Å². The zero-order valence-electron chi connectivity index (χ0n) is 14.7. The summed E-state index contributed by atoms with van der Waals surface area (Å²) in [6.45, 7) is 8.67. The van der Waals surface area contributed by atoms with Crippen LogP contribution in [0.4, 0.5) is 0 Å². The van der Waals surface area contributed by atoms with Crippen molar-refractivity contribution < 1.29 is 4.79 Å². The average molecular weight is 295 g/mol. The Morgan fingerprint density at radius 3 is 2.38 bits per heavy atom. The van der Waals surface area contributed by atoms with E-state index in [1.165, 1.54) is 25.7 Å². The van der Waals surface area contributed by atoms with Crippen LogP contribution in [0.15, 0.2) is 11.3 Å². The van der Waals surface area contributed by atoms with Crippen molar-refractivity contribution in [3.05, 3.63) is 11.3 Å². The molecule has 1 amide bonds. The van der Waals surface area contributed by atoms with E-state index in [9.17, 15) is 4.79 Å². The predicted octanol–water partition coefficient (Wildman–Crippen LogP) is 3.31. The first-order chi connectivity index (χ1) is 10.0. The minimum absolute atomic E-state index is 0.0284. The van der Waals surface area contributed by atoms with Crippen LogP contribution in [-0.2, 0) is 4.79 Å². The van der Waals surface area contributed by atoms with E-state index in [2.05, 4.69) is 37.9 Å². The van der Waals surface area contributed by atoms with Crippen molar-refractivity contribution in [1.29, 1.82) is 0 Å². The van der Waals surface area contributed by atoms with Crippen LogP contribution in [0.25, 0.3) is 0 Å². The smallest absolute Gasteiger partial charge is 0.253 e. The summed E-state index contributed by atoms with van der Waals surface area (Å²) in [4.78, 5) is 16.7. The molecule has 4 heteroatoms. The topological polar surface area (TPSA) is 35.6 Å². The number of likely N-dealkylation sites (N-methyl/N-ethyl adjacent to an activating group) is 1. The van der Waals surface area contributed by atoms with Gasteiger partial charge in [-0.2, -0.15) is 0 Å². The van der Waals surface area contributed by atoms with E-state index in [-0.39, 0.29) is 12.2 Å². The number of nitrogens with one attached hydrogen (secondary N) is 1. The lowest BCUT2D eigenvalue weighted by Gasteiger charge is -2.48. The lowest BCUT2D eigenvalue weighted by molar-refractivity contribution is -0.136.